The number of hydrogen-bond donors (Lipinski definition) is 2. The highest BCUT2D eigenvalue weighted by Crippen LogP contribution is 2.45. The van der Waals surface area contributed by atoms with Gasteiger partial charge in [-0.1, -0.05) is 0 Å². The zero-order valence-electron chi connectivity index (χ0n) is 11.5. The number of rotatable bonds is 3. The van der Waals surface area contributed by atoms with Crippen molar-refractivity contribution in [3.05, 3.63) is 0 Å². The second kappa shape index (κ2) is 5.27. The number of carbonyl (C=O) groups is 2. The number of nitrogens with zero attached hydrogens (tertiary/aromatic N) is 1. The van der Waals surface area contributed by atoms with E-state index < -0.39 is 17.4 Å². The molecular weight excluding hydrogens is 270 g/mol. The Morgan fingerprint density at radius 1 is 1.35 bits per heavy atom. The van der Waals surface area contributed by atoms with Crippen LogP contribution in [0.3, 0.4) is 0 Å². The van der Waals surface area contributed by atoms with Crippen LogP contribution in [0.25, 0.3) is 0 Å². The summed E-state index contributed by atoms with van der Waals surface area (Å²) in [5.74, 6) is -5.31. The van der Waals surface area contributed by atoms with E-state index in [0.717, 1.165) is 4.90 Å². The molecule has 0 aromatic rings. The van der Waals surface area contributed by atoms with Crippen molar-refractivity contribution in [3.8, 4) is 0 Å². The Bertz CT molecular complexity index is 410. The normalized spacial score (nSPS) is 25.8. The summed E-state index contributed by atoms with van der Waals surface area (Å²) in [5, 5.41) is 12.4. The average Bonchev–Trinajstić information content (AvgIpc) is 2.34. The fraction of sp³-hybridized carbons (Fsp3) is 0.846. The Hall–Kier alpha value is -1.24. The molecule has 114 valence electrons. The number of halogens is 2. The smallest absolute Gasteiger partial charge is 0.352 e. The number of hydrogen-bond acceptors (Lipinski definition) is 3. The summed E-state index contributed by atoms with van der Waals surface area (Å²) >= 11 is 0. The van der Waals surface area contributed by atoms with Crippen molar-refractivity contribution in [1.29, 1.82) is 0 Å². The van der Waals surface area contributed by atoms with Crippen LogP contribution < -0.4 is 5.32 Å². The maximum Gasteiger partial charge on any atom is 0.352 e. The number of aliphatic hydroxyl groups is 1. The third kappa shape index (κ3) is 2.63. The molecule has 1 heterocycles. The van der Waals surface area contributed by atoms with E-state index in [2.05, 4.69) is 5.32 Å². The number of amides is 2. The molecule has 1 atom stereocenters. The Morgan fingerprint density at radius 3 is 2.50 bits per heavy atom. The van der Waals surface area contributed by atoms with Gasteiger partial charge >= 0.3 is 5.92 Å². The van der Waals surface area contributed by atoms with Gasteiger partial charge in [-0.05, 0) is 32.1 Å². The molecule has 0 aromatic carbocycles. The lowest BCUT2D eigenvalue weighted by Crippen LogP contribution is -2.63. The van der Waals surface area contributed by atoms with E-state index in [0.29, 0.717) is 19.3 Å². The van der Waals surface area contributed by atoms with E-state index in [-0.39, 0.29) is 37.9 Å². The van der Waals surface area contributed by atoms with Crippen molar-refractivity contribution in [3.63, 3.8) is 0 Å². The molecule has 0 bridgehead atoms. The topological polar surface area (TPSA) is 69.6 Å². The van der Waals surface area contributed by atoms with Gasteiger partial charge in [-0.25, -0.2) is 0 Å². The van der Waals surface area contributed by atoms with Crippen LogP contribution in [0.2, 0.25) is 0 Å². The monoisotopic (exact) mass is 290 g/mol. The molecule has 1 aliphatic heterocycles. The highest BCUT2D eigenvalue weighted by molar-refractivity contribution is 5.85. The van der Waals surface area contributed by atoms with Gasteiger partial charge in [0.15, 0.2) is 0 Å². The molecule has 2 fully saturated rings. The first-order chi connectivity index (χ1) is 9.26. The van der Waals surface area contributed by atoms with Crippen LogP contribution in [-0.2, 0) is 9.59 Å². The fourth-order valence-electron chi connectivity index (χ4n) is 2.79. The van der Waals surface area contributed by atoms with Gasteiger partial charge in [0.25, 0.3) is 5.91 Å². The lowest BCUT2D eigenvalue weighted by molar-refractivity contribution is -0.224. The van der Waals surface area contributed by atoms with Gasteiger partial charge in [0.2, 0.25) is 5.91 Å². The summed E-state index contributed by atoms with van der Waals surface area (Å²) < 4.78 is 28.2. The average molecular weight is 290 g/mol. The predicted octanol–water partition coefficient (Wildman–Crippen LogP) is 0.664. The summed E-state index contributed by atoms with van der Waals surface area (Å²) in [4.78, 5) is 24.0. The van der Waals surface area contributed by atoms with E-state index in [4.69, 9.17) is 0 Å². The molecule has 1 aliphatic carbocycles. The van der Waals surface area contributed by atoms with Gasteiger partial charge in [0.05, 0.1) is 0 Å². The Balaban J connectivity index is 2.03. The summed E-state index contributed by atoms with van der Waals surface area (Å²) in [7, 11) is 0. The summed E-state index contributed by atoms with van der Waals surface area (Å²) in [6.07, 6.45) is 1.64. The van der Waals surface area contributed by atoms with Crippen LogP contribution in [0.5, 0.6) is 0 Å². The number of alkyl halides is 2. The SMILES string of the molecule is CC(=O)N[C@@H]1CCCN(C(=O)C(F)(F)C2(O)CCC2)C1. The molecule has 7 heteroatoms. The molecule has 2 amide bonds. The van der Waals surface area contributed by atoms with Gasteiger partial charge in [-0.3, -0.25) is 9.59 Å². The highest BCUT2D eigenvalue weighted by Gasteiger charge is 2.62. The van der Waals surface area contributed by atoms with Crippen molar-refractivity contribution < 1.29 is 23.5 Å². The highest BCUT2D eigenvalue weighted by atomic mass is 19.3. The fourth-order valence-corrected chi connectivity index (χ4v) is 2.79. The maximum atomic E-state index is 14.1. The Morgan fingerprint density at radius 2 is 2.00 bits per heavy atom. The minimum absolute atomic E-state index is 0.0469. The van der Waals surface area contributed by atoms with Gasteiger partial charge < -0.3 is 15.3 Å². The standard InChI is InChI=1S/C13H20F2N2O3/c1-9(18)16-10-4-2-7-17(8-10)11(19)13(14,15)12(20)5-3-6-12/h10,20H,2-8H2,1H3,(H,16,18)/t10-/m1/s1. The third-order valence-electron chi connectivity index (χ3n) is 4.15. The van der Waals surface area contributed by atoms with Crippen molar-refractivity contribution in [2.75, 3.05) is 13.1 Å². The van der Waals surface area contributed by atoms with Crippen LogP contribution >= 0.6 is 0 Å². The largest absolute Gasteiger partial charge is 0.383 e. The number of carbonyl (C=O) groups excluding carboxylic acids is 2. The molecule has 20 heavy (non-hydrogen) atoms. The second-order valence-electron chi connectivity index (χ2n) is 5.75. The van der Waals surface area contributed by atoms with Crippen molar-refractivity contribution >= 4 is 11.8 Å². The minimum Gasteiger partial charge on any atom is -0.383 e. The first kappa shape index (κ1) is 15.2. The summed E-state index contributed by atoms with van der Waals surface area (Å²) in [6.45, 7) is 1.66. The van der Waals surface area contributed by atoms with Gasteiger partial charge in [0.1, 0.15) is 5.60 Å². The van der Waals surface area contributed by atoms with E-state index in [1.165, 1.54) is 6.92 Å². The lowest BCUT2D eigenvalue weighted by Gasteiger charge is -2.44. The number of nitrogens with one attached hydrogen (secondary N) is 1. The number of piperidine rings is 1. The first-order valence-corrected chi connectivity index (χ1v) is 6.93. The van der Waals surface area contributed by atoms with E-state index in [9.17, 15) is 23.5 Å². The minimum atomic E-state index is -3.75. The molecule has 0 unspecified atom stereocenters. The maximum absolute atomic E-state index is 14.1. The second-order valence-corrected chi connectivity index (χ2v) is 5.75. The van der Waals surface area contributed by atoms with E-state index >= 15 is 0 Å². The number of likely N-dealkylation sites (tertiary alicyclic amines) is 1. The molecular formula is C13H20F2N2O3. The van der Waals surface area contributed by atoms with Crippen LogP contribution in [0.1, 0.15) is 39.0 Å². The van der Waals surface area contributed by atoms with Crippen molar-refractivity contribution in [2.45, 2.75) is 56.6 Å². The molecule has 1 saturated carbocycles. The lowest BCUT2D eigenvalue weighted by atomic mass is 9.75. The van der Waals surface area contributed by atoms with Crippen LogP contribution in [0, 0.1) is 0 Å². The molecule has 5 nitrogen and oxygen atoms in total. The molecule has 2 aliphatic rings. The third-order valence-corrected chi connectivity index (χ3v) is 4.15. The van der Waals surface area contributed by atoms with E-state index in [1.807, 2.05) is 0 Å². The Labute approximate surface area is 116 Å². The van der Waals surface area contributed by atoms with Crippen LogP contribution in [0.15, 0.2) is 0 Å². The molecule has 0 radical (unpaired) electrons. The quantitative estimate of drug-likeness (QED) is 0.802. The van der Waals surface area contributed by atoms with E-state index in [1.54, 1.807) is 0 Å². The van der Waals surface area contributed by atoms with Crippen molar-refractivity contribution in [2.24, 2.45) is 0 Å². The van der Waals surface area contributed by atoms with Crippen molar-refractivity contribution in [1.82, 2.24) is 10.2 Å². The molecule has 0 spiro atoms. The first-order valence-electron chi connectivity index (χ1n) is 6.93. The van der Waals surface area contributed by atoms with Gasteiger partial charge in [-0.15, -0.1) is 0 Å². The zero-order chi connectivity index (χ0) is 15.0. The summed E-state index contributed by atoms with van der Waals surface area (Å²) in [6, 6.07) is -0.294. The molecule has 0 aromatic heterocycles. The Kier molecular flexibility index (Phi) is 4.00. The molecule has 2 rings (SSSR count). The van der Waals surface area contributed by atoms with Gasteiger partial charge in [-0.2, -0.15) is 8.78 Å². The molecule has 1 saturated heterocycles. The van der Waals surface area contributed by atoms with Gasteiger partial charge in [0, 0.05) is 26.1 Å². The van der Waals surface area contributed by atoms with Crippen LogP contribution in [0.4, 0.5) is 8.78 Å². The summed E-state index contributed by atoms with van der Waals surface area (Å²) in [5.41, 5.74) is -2.19. The predicted molar refractivity (Wildman–Crippen MR) is 67.2 cm³/mol. The zero-order valence-corrected chi connectivity index (χ0v) is 11.5. The van der Waals surface area contributed by atoms with Crippen LogP contribution in [-0.4, -0.2) is 52.5 Å². The molecule has 2 N–H and O–H groups in total.